The normalized spacial score (nSPS) is 30.2. The Morgan fingerprint density at radius 2 is 1.25 bits per heavy atom. The molecule has 0 bridgehead atoms. The molecule has 0 aliphatic carbocycles. The second-order valence-corrected chi connectivity index (χ2v) is 8.68. The molecule has 2 atom stereocenters. The van der Waals surface area contributed by atoms with Gasteiger partial charge in [-0.15, -0.1) is 0 Å². The molecule has 4 N–H and O–H groups in total. The summed E-state index contributed by atoms with van der Waals surface area (Å²) >= 11 is 0. The topological polar surface area (TPSA) is 50.1 Å². The van der Waals surface area contributed by atoms with Crippen molar-refractivity contribution in [1.82, 2.24) is 10.6 Å². The smallest absolute Gasteiger partial charge is 0.0693 e. The molecule has 0 amide bonds. The van der Waals surface area contributed by atoms with E-state index in [2.05, 4.69) is 45.3 Å². The van der Waals surface area contributed by atoms with Gasteiger partial charge in [0.05, 0.1) is 5.66 Å². The Morgan fingerprint density at radius 3 is 1.58 bits per heavy atom. The highest BCUT2D eigenvalue weighted by Crippen LogP contribution is 2.32. The number of hydrogen-bond donors (Lipinski definition) is 3. The van der Waals surface area contributed by atoms with Crippen LogP contribution >= 0.6 is 0 Å². The van der Waals surface area contributed by atoms with E-state index in [1.54, 1.807) is 0 Å². The minimum Gasteiger partial charge on any atom is -0.323 e. The Balaban J connectivity index is 2.78. The van der Waals surface area contributed by atoms with Gasteiger partial charge in [0.1, 0.15) is 0 Å². The summed E-state index contributed by atoms with van der Waals surface area (Å²) in [6.45, 7) is 13.3. The molecular weight excluding hydrogens is 294 g/mol. The van der Waals surface area contributed by atoms with E-state index in [9.17, 15) is 0 Å². The zero-order chi connectivity index (χ0) is 18.1. The van der Waals surface area contributed by atoms with Crippen LogP contribution < -0.4 is 16.4 Å². The molecule has 3 heteroatoms. The summed E-state index contributed by atoms with van der Waals surface area (Å²) in [7, 11) is 0. The van der Waals surface area contributed by atoms with Crippen molar-refractivity contribution in [2.45, 2.75) is 110 Å². The van der Waals surface area contributed by atoms with Gasteiger partial charge in [-0.3, -0.25) is 10.6 Å². The Bertz CT molecular complexity index is 297. The van der Waals surface area contributed by atoms with Crippen molar-refractivity contribution in [3.8, 4) is 0 Å². The molecule has 1 fully saturated rings. The summed E-state index contributed by atoms with van der Waals surface area (Å²) < 4.78 is 0. The molecule has 0 aromatic heterocycles. The van der Waals surface area contributed by atoms with E-state index in [0.717, 1.165) is 24.9 Å². The van der Waals surface area contributed by atoms with Gasteiger partial charge in [-0.2, -0.15) is 0 Å². The molecule has 0 saturated carbocycles. The van der Waals surface area contributed by atoms with Crippen molar-refractivity contribution in [3.05, 3.63) is 0 Å². The van der Waals surface area contributed by atoms with Gasteiger partial charge in [0.25, 0.3) is 0 Å². The zero-order valence-corrected chi connectivity index (χ0v) is 17.2. The van der Waals surface area contributed by atoms with Crippen molar-refractivity contribution in [2.75, 3.05) is 13.1 Å². The molecule has 24 heavy (non-hydrogen) atoms. The van der Waals surface area contributed by atoms with Gasteiger partial charge in [-0.25, -0.2) is 0 Å². The first kappa shape index (κ1) is 21.9. The van der Waals surface area contributed by atoms with Crippen LogP contribution in [-0.2, 0) is 0 Å². The van der Waals surface area contributed by atoms with E-state index in [1.165, 1.54) is 64.2 Å². The molecule has 1 saturated heterocycles. The largest absolute Gasteiger partial charge is 0.323 e. The van der Waals surface area contributed by atoms with Crippen LogP contribution in [0, 0.1) is 11.8 Å². The third-order valence-corrected chi connectivity index (χ3v) is 6.02. The summed E-state index contributed by atoms with van der Waals surface area (Å²) in [6, 6.07) is 0. The average molecular weight is 340 g/mol. The Kier molecular flexibility index (Phi) is 9.84. The highest BCUT2D eigenvalue weighted by molar-refractivity contribution is 5.00. The van der Waals surface area contributed by atoms with Gasteiger partial charge in [-0.05, 0) is 31.6 Å². The molecule has 2 unspecified atom stereocenters. The quantitative estimate of drug-likeness (QED) is 0.478. The van der Waals surface area contributed by atoms with E-state index >= 15 is 0 Å². The number of nitrogens with two attached hydrogens (primary N) is 1. The number of rotatable bonds is 12. The SMILES string of the molecule is CCCCC(CC)CC1(CC(CC)CCCC)NCC(C)(N)CN1. The van der Waals surface area contributed by atoms with Crippen molar-refractivity contribution >= 4 is 0 Å². The van der Waals surface area contributed by atoms with Crippen LogP contribution in [0.1, 0.15) is 98.8 Å². The molecule has 1 rings (SSSR count). The minimum absolute atomic E-state index is 0.0989. The Labute approximate surface area is 151 Å². The fourth-order valence-corrected chi connectivity index (χ4v) is 4.11. The van der Waals surface area contributed by atoms with Crippen molar-refractivity contribution in [1.29, 1.82) is 0 Å². The van der Waals surface area contributed by atoms with Gasteiger partial charge < -0.3 is 5.73 Å². The average Bonchev–Trinajstić information content (AvgIpc) is 2.58. The van der Waals surface area contributed by atoms with Crippen LogP contribution in [0.15, 0.2) is 0 Å². The van der Waals surface area contributed by atoms with Crippen LogP contribution in [0.5, 0.6) is 0 Å². The van der Waals surface area contributed by atoms with E-state index < -0.39 is 0 Å². The van der Waals surface area contributed by atoms with Gasteiger partial charge in [0, 0.05) is 18.6 Å². The Hall–Kier alpha value is -0.120. The highest BCUT2D eigenvalue weighted by Gasteiger charge is 2.40. The van der Waals surface area contributed by atoms with Gasteiger partial charge in [0.15, 0.2) is 0 Å². The minimum atomic E-state index is -0.125. The van der Waals surface area contributed by atoms with E-state index in [1.807, 2.05) is 0 Å². The van der Waals surface area contributed by atoms with Crippen LogP contribution in [0.3, 0.4) is 0 Å². The van der Waals surface area contributed by atoms with Crippen molar-refractivity contribution in [3.63, 3.8) is 0 Å². The Morgan fingerprint density at radius 1 is 0.833 bits per heavy atom. The summed E-state index contributed by atoms with van der Waals surface area (Å²) in [5.74, 6) is 1.63. The van der Waals surface area contributed by atoms with Crippen molar-refractivity contribution < 1.29 is 0 Å². The van der Waals surface area contributed by atoms with Gasteiger partial charge >= 0.3 is 0 Å². The van der Waals surface area contributed by atoms with Gasteiger partial charge in [-0.1, -0.05) is 79.1 Å². The zero-order valence-electron chi connectivity index (χ0n) is 17.2. The number of unbranched alkanes of at least 4 members (excludes halogenated alkanes) is 2. The first-order valence-corrected chi connectivity index (χ1v) is 10.7. The molecule has 0 aromatic carbocycles. The van der Waals surface area contributed by atoms with E-state index in [0.29, 0.717) is 0 Å². The highest BCUT2D eigenvalue weighted by atomic mass is 15.2. The summed E-state index contributed by atoms with van der Waals surface area (Å²) in [5.41, 5.74) is 6.33. The molecular formula is C21H45N3. The maximum Gasteiger partial charge on any atom is 0.0693 e. The van der Waals surface area contributed by atoms with Crippen molar-refractivity contribution in [2.24, 2.45) is 17.6 Å². The lowest BCUT2D eigenvalue weighted by Crippen LogP contribution is -2.72. The fraction of sp³-hybridized carbons (Fsp3) is 1.00. The number of nitrogens with one attached hydrogen (secondary N) is 2. The maximum absolute atomic E-state index is 6.36. The van der Waals surface area contributed by atoms with Gasteiger partial charge in [0.2, 0.25) is 0 Å². The van der Waals surface area contributed by atoms with E-state index in [4.69, 9.17) is 5.73 Å². The molecule has 1 aliphatic heterocycles. The lowest BCUT2D eigenvalue weighted by Gasteiger charge is -2.48. The van der Waals surface area contributed by atoms with Crippen LogP contribution in [-0.4, -0.2) is 24.3 Å². The molecule has 0 radical (unpaired) electrons. The molecule has 3 nitrogen and oxygen atoms in total. The van der Waals surface area contributed by atoms with E-state index in [-0.39, 0.29) is 11.2 Å². The van der Waals surface area contributed by atoms with Crippen LogP contribution in [0.2, 0.25) is 0 Å². The first-order chi connectivity index (χ1) is 11.4. The third kappa shape index (κ3) is 7.41. The first-order valence-electron chi connectivity index (χ1n) is 10.7. The number of hydrogen-bond acceptors (Lipinski definition) is 3. The predicted molar refractivity (Wildman–Crippen MR) is 107 cm³/mol. The summed E-state index contributed by atoms with van der Waals surface area (Å²) in [5, 5.41) is 7.74. The lowest BCUT2D eigenvalue weighted by molar-refractivity contribution is 0.0988. The fourth-order valence-electron chi connectivity index (χ4n) is 4.11. The van der Waals surface area contributed by atoms with Crippen LogP contribution in [0.4, 0.5) is 0 Å². The molecule has 144 valence electrons. The lowest BCUT2D eigenvalue weighted by atomic mass is 9.79. The molecule has 1 heterocycles. The molecule has 0 aromatic rings. The monoisotopic (exact) mass is 339 g/mol. The second-order valence-electron chi connectivity index (χ2n) is 8.68. The maximum atomic E-state index is 6.36. The molecule has 1 aliphatic rings. The second kappa shape index (κ2) is 10.8. The summed E-state index contributed by atoms with van der Waals surface area (Å²) in [6.07, 6.45) is 13.1. The molecule has 0 spiro atoms. The standard InChI is InChI=1S/C21H45N3/c1-6-10-12-18(8-3)14-21(15-19(9-4)13-11-7-2)23-16-20(5,22)17-24-21/h18-19,23-24H,6-17,22H2,1-5H3. The predicted octanol–water partition coefficient (Wildman–Crippen LogP) is 4.81. The third-order valence-electron chi connectivity index (χ3n) is 6.02. The van der Waals surface area contributed by atoms with Crippen LogP contribution in [0.25, 0.3) is 0 Å². The summed E-state index contributed by atoms with van der Waals surface area (Å²) in [4.78, 5) is 0.